The van der Waals surface area contributed by atoms with E-state index in [0.717, 1.165) is 37.5 Å². The SMILES string of the molecule is O=C(CCOc1ccccc1)NC1CCCN(c2ccccn2)C1. The topological polar surface area (TPSA) is 54.5 Å². The third-order valence-electron chi connectivity index (χ3n) is 4.10. The lowest BCUT2D eigenvalue weighted by Gasteiger charge is -2.34. The van der Waals surface area contributed by atoms with Gasteiger partial charge in [-0.3, -0.25) is 4.79 Å². The molecule has 1 amide bonds. The van der Waals surface area contributed by atoms with Crippen molar-refractivity contribution in [1.82, 2.24) is 10.3 Å². The normalized spacial score (nSPS) is 17.3. The molecule has 1 fully saturated rings. The molecule has 126 valence electrons. The molecule has 1 atom stereocenters. The highest BCUT2D eigenvalue weighted by Gasteiger charge is 2.22. The summed E-state index contributed by atoms with van der Waals surface area (Å²) in [6.07, 6.45) is 4.24. The van der Waals surface area contributed by atoms with E-state index < -0.39 is 0 Å². The van der Waals surface area contributed by atoms with E-state index in [2.05, 4.69) is 15.2 Å². The van der Waals surface area contributed by atoms with E-state index in [1.807, 2.05) is 48.5 Å². The number of ether oxygens (including phenoxy) is 1. The molecule has 5 nitrogen and oxygen atoms in total. The van der Waals surface area contributed by atoms with Crippen LogP contribution in [0.25, 0.3) is 0 Å². The molecule has 1 aliphatic heterocycles. The molecule has 3 rings (SSSR count). The molecule has 0 radical (unpaired) electrons. The summed E-state index contributed by atoms with van der Waals surface area (Å²) in [4.78, 5) is 18.7. The lowest BCUT2D eigenvalue weighted by molar-refractivity contribution is -0.122. The second-order valence-corrected chi connectivity index (χ2v) is 5.95. The molecule has 1 N–H and O–H groups in total. The first-order chi connectivity index (χ1) is 11.8. The summed E-state index contributed by atoms with van der Waals surface area (Å²) in [5.41, 5.74) is 0. The molecular weight excluding hydrogens is 302 g/mol. The van der Waals surface area contributed by atoms with Gasteiger partial charge >= 0.3 is 0 Å². The highest BCUT2D eigenvalue weighted by molar-refractivity contribution is 5.76. The van der Waals surface area contributed by atoms with Crippen LogP contribution in [0.5, 0.6) is 5.75 Å². The molecule has 2 heterocycles. The molecule has 0 spiro atoms. The summed E-state index contributed by atoms with van der Waals surface area (Å²) in [7, 11) is 0. The van der Waals surface area contributed by atoms with Gasteiger partial charge in [0.05, 0.1) is 13.0 Å². The summed E-state index contributed by atoms with van der Waals surface area (Å²) in [6, 6.07) is 15.7. The first-order valence-corrected chi connectivity index (χ1v) is 8.44. The highest BCUT2D eigenvalue weighted by Crippen LogP contribution is 2.17. The zero-order valence-corrected chi connectivity index (χ0v) is 13.7. The monoisotopic (exact) mass is 325 g/mol. The maximum atomic E-state index is 12.1. The van der Waals surface area contributed by atoms with Gasteiger partial charge in [0, 0.05) is 25.3 Å². The number of rotatable bonds is 6. The Labute approximate surface area is 142 Å². The van der Waals surface area contributed by atoms with E-state index >= 15 is 0 Å². The Bertz CT molecular complexity index is 634. The van der Waals surface area contributed by atoms with Gasteiger partial charge in [0.1, 0.15) is 11.6 Å². The standard InChI is InChI=1S/C19H23N3O2/c23-19(11-14-24-17-8-2-1-3-9-17)21-16-7-6-13-22(15-16)18-10-4-5-12-20-18/h1-5,8-10,12,16H,6-7,11,13-15H2,(H,21,23). The van der Waals surface area contributed by atoms with Crippen LogP contribution in [0.1, 0.15) is 19.3 Å². The number of benzene rings is 1. The number of anilines is 1. The number of nitrogens with zero attached hydrogens (tertiary/aromatic N) is 2. The minimum absolute atomic E-state index is 0.0406. The lowest BCUT2D eigenvalue weighted by atomic mass is 10.1. The van der Waals surface area contributed by atoms with Crippen molar-refractivity contribution < 1.29 is 9.53 Å². The Morgan fingerprint density at radius 1 is 1.21 bits per heavy atom. The molecule has 1 unspecified atom stereocenters. The third kappa shape index (κ3) is 4.72. The van der Waals surface area contributed by atoms with E-state index in [1.54, 1.807) is 6.20 Å². The Balaban J connectivity index is 1.42. The molecule has 5 heteroatoms. The number of hydrogen-bond acceptors (Lipinski definition) is 4. The van der Waals surface area contributed by atoms with Crippen LogP contribution >= 0.6 is 0 Å². The molecule has 0 aliphatic carbocycles. The van der Waals surface area contributed by atoms with Crippen molar-refractivity contribution in [2.45, 2.75) is 25.3 Å². The van der Waals surface area contributed by atoms with Gasteiger partial charge in [0.15, 0.2) is 0 Å². The zero-order chi connectivity index (χ0) is 16.6. The second-order valence-electron chi connectivity index (χ2n) is 5.95. The average Bonchev–Trinajstić information content (AvgIpc) is 2.63. The molecule has 1 aromatic heterocycles. The molecule has 1 aromatic carbocycles. The number of amides is 1. The Morgan fingerprint density at radius 2 is 2.04 bits per heavy atom. The second kappa shape index (κ2) is 8.34. The van der Waals surface area contributed by atoms with Gasteiger partial charge < -0.3 is 15.0 Å². The smallest absolute Gasteiger partial charge is 0.223 e. The summed E-state index contributed by atoms with van der Waals surface area (Å²) in [5, 5.41) is 3.12. The minimum Gasteiger partial charge on any atom is -0.493 e. The van der Waals surface area contributed by atoms with Crippen LogP contribution in [0.4, 0.5) is 5.82 Å². The number of piperidine rings is 1. The number of hydrogen-bond donors (Lipinski definition) is 1. The van der Waals surface area contributed by atoms with Crippen molar-refractivity contribution in [3.05, 3.63) is 54.7 Å². The summed E-state index contributed by atoms with van der Waals surface area (Å²) in [6.45, 7) is 2.19. The number of carbonyl (C=O) groups is 1. The van der Waals surface area contributed by atoms with Crippen molar-refractivity contribution in [3.63, 3.8) is 0 Å². The maximum absolute atomic E-state index is 12.1. The van der Waals surface area contributed by atoms with E-state index in [-0.39, 0.29) is 11.9 Å². The van der Waals surface area contributed by atoms with Gasteiger partial charge in [-0.05, 0) is 37.1 Å². The average molecular weight is 325 g/mol. The fourth-order valence-corrected chi connectivity index (χ4v) is 2.92. The van der Waals surface area contributed by atoms with Gasteiger partial charge in [-0.15, -0.1) is 0 Å². The van der Waals surface area contributed by atoms with Crippen LogP contribution in [0, 0.1) is 0 Å². The Kier molecular flexibility index (Phi) is 5.66. The highest BCUT2D eigenvalue weighted by atomic mass is 16.5. The van der Waals surface area contributed by atoms with Crippen molar-refractivity contribution in [3.8, 4) is 5.75 Å². The largest absolute Gasteiger partial charge is 0.493 e. The predicted octanol–water partition coefficient (Wildman–Crippen LogP) is 2.64. The van der Waals surface area contributed by atoms with Crippen molar-refractivity contribution in [1.29, 1.82) is 0 Å². The third-order valence-corrected chi connectivity index (χ3v) is 4.10. The first-order valence-electron chi connectivity index (χ1n) is 8.44. The van der Waals surface area contributed by atoms with Crippen LogP contribution < -0.4 is 15.0 Å². The maximum Gasteiger partial charge on any atom is 0.223 e. The van der Waals surface area contributed by atoms with Crippen LogP contribution in [0.2, 0.25) is 0 Å². The van der Waals surface area contributed by atoms with Crippen molar-refractivity contribution in [2.24, 2.45) is 0 Å². The minimum atomic E-state index is 0.0406. The summed E-state index contributed by atoms with van der Waals surface area (Å²) < 4.78 is 5.58. The quantitative estimate of drug-likeness (QED) is 0.887. The Morgan fingerprint density at radius 3 is 2.83 bits per heavy atom. The van der Waals surface area contributed by atoms with Gasteiger partial charge in [-0.2, -0.15) is 0 Å². The van der Waals surface area contributed by atoms with Crippen molar-refractivity contribution in [2.75, 3.05) is 24.6 Å². The van der Waals surface area contributed by atoms with Gasteiger partial charge in [-0.1, -0.05) is 24.3 Å². The van der Waals surface area contributed by atoms with Gasteiger partial charge in [0.2, 0.25) is 5.91 Å². The zero-order valence-electron chi connectivity index (χ0n) is 13.7. The number of para-hydroxylation sites is 1. The number of carbonyl (C=O) groups excluding carboxylic acids is 1. The molecule has 0 saturated carbocycles. The molecule has 1 saturated heterocycles. The van der Waals surface area contributed by atoms with Crippen LogP contribution in [-0.2, 0) is 4.79 Å². The van der Waals surface area contributed by atoms with Crippen LogP contribution in [-0.4, -0.2) is 36.6 Å². The molecule has 2 aromatic rings. The molecular formula is C19H23N3O2. The van der Waals surface area contributed by atoms with Gasteiger partial charge in [0.25, 0.3) is 0 Å². The van der Waals surface area contributed by atoms with Crippen LogP contribution in [0.3, 0.4) is 0 Å². The van der Waals surface area contributed by atoms with Crippen molar-refractivity contribution >= 4 is 11.7 Å². The fourth-order valence-electron chi connectivity index (χ4n) is 2.92. The van der Waals surface area contributed by atoms with E-state index in [1.165, 1.54) is 0 Å². The number of nitrogens with one attached hydrogen (secondary N) is 1. The van der Waals surface area contributed by atoms with E-state index in [9.17, 15) is 4.79 Å². The Hall–Kier alpha value is -2.56. The summed E-state index contributed by atoms with van der Waals surface area (Å²) >= 11 is 0. The molecule has 0 bridgehead atoms. The molecule has 24 heavy (non-hydrogen) atoms. The fraction of sp³-hybridized carbons (Fsp3) is 0.368. The van der Waals surface area contributed by atoms with E-state index in [0.29, 0.717) is 13.0 Å². The van der Waals surface area contributed by atoms with E-state index in [4.69, 9.17) is 4.74 Å². The van der Waals surface area contributed by atoms with Gasteiger partial charge in [-0.25, -0.2) is 4.98 Å². The van der Waals surface area contributed by atoms with Crippen LogP contribution in [0.15, 0.2) is 54.7 Å². The molecule has 1 aliphatic rings. The number of pyridine rings is 1. The summed E-state index contributed by atoms with van der Waals surface area (Å²) in [5.74, 6) is 1.81. The first kappa shape index (κ1) is 16.3. The number of aromatic nitrogens is 1. The lowest BCUT2D eigenvalue weighted by Crippen LogP contribution is -2.48. The predicted molar refractivity (Wildman–Crippen MR) is 94.2 cm³/mol.